The molecular formula is C18H19ClN4O2. The Kier molecular flexibility index (Phi) is 4.63. The van der Waals surface area contributed by atoms with Gasteiger partial charge in [0.25, 0.3) is 5.91 Å². The highest BCUT2D eigenvalue weighted by molar-refractivity contribution is 6.31. The molecule has 0 unspecified atom stereocenters. The number of nitrogens with zero attached hydrogens (tertiary/aromatic N) is 3. The predicted octanol–water partition coefficient (Wildman–Crippen LogP) is 3.56. The fourth-order valence-electron chi connectivity index (χ4n) is 2.76. The van der Waals surface area contributed by atoms with E-state index in [1.54, 1.807) is 16.8 Å². The van der Waals surface area contributed by atoms with Gasteiger partial charge in [0.1, 0.15) is 0 Å². The van der Waals surface area contributed by atoms with Crippen LogP contribution in [0, 0.1) is 20.8 Å². The lowest BCUT2D eigenvalue weighted by Crippen LogP contribution is -2.21. The molecule has 2 heterocycles. The molecule has 0 aliphatic heterocycles. The van der Waals surface area contributed by atoms with Gasteiger partial charge in [0.15, 0.2) is 12.3 Å². The van der Waals surface area contributed by atoms with E-state index in [0.29, 0.717) is 16.6 Å². The molecule has 0 atom stereocenters. The minimum atomic E-state index is -0.272. The van der Waals surface area contributed by atoms with Crippen LogP contribution in [0.3, 0.4) is 0 Å². The van der Waals surface area contributed by atoms with E-state index in [2.05, 4.69) is 15.4 Å². The van der Waals surface area contributed by atoms with Gasteiger partial charge in [0, 0.05) is 29.2 Å². The zero-order valence-corrected chi connectivity index (χ0v) is 15.3. The van der Waals surface area contributed by atoms with E-state index in [9.17, 15) is 4.79 Å². The van der Waals surface area contributed by atoms with Crippen molar-refractivity contribution in [2.45, 2.75) is 20.8 Å². The monoisotopic (exact) mass is 358 g/mol. The molecule has 25 heavy (non-hydrogen) atoms. The van der Waals surface area contributed by atoms with E-state index in [4.69, 9.17) is 16.3 Å². The molecule has 6 nitrogen and oxygen atoms in total. The second-order valence-corrected chi connectivity index (χ2v) is 6.42. The van der Waals surface area contributed by atoms with E-state index in [0.717, 1.165) is 27.9 Å². The summed E-state index contributed by atoms with van der Waals surface area (Å²) < 4.78 is 7.27. The van der Waals surface area contributed by atoms with Crippen LogP contribution in [0.4, 0.5) is 5.69 Å². The number of aromatic nitrogens is 3. The summed E-state index contributed by atoms with van der Waals surface area (Å²) in [6.45, 7) is 5.68. The van der Waals surface area contributed by atoms with Gasteiger partial charge in [-0.2, -0.15) is 10.1 Å². The number of aryl methyl sites for hydroxylation is 4. The highest BCUT2D eigenvalue weighted by Crippen LogP contribution is 2.24. The largest absolute Gasteiger partial charge is 0.467 e. The standard InChI is InChI=1S/C18H19ClN4O2/c1-10-5-6-13(19)8-14(10)20-15(24)9-25-16-7-11(2)17-12(3)22-23(4)18(17)21-16/h5-8H,9H2,1-4H3,(H,20,24). The molecule has 3 aromatic rings. The van der Waals surface area contributed by atoms with E-state index >= 15 is 0 Å². The lowest BCUT2D eigenvalue weighted by atomic mass is 10.2. The predicted molar refractivity (Wildman–Crippen MR) is 98.3 cm³/mol. The molecule has 7 heteroatoms. The number of benzene rings is 1. The van der Waals surface area contributed by atoms with E-state index in [1.807, 2.05) is 40.0 Å². The van der Waals surface area contributed by atoms with Crippen LogP contribution in [0.1, 0.15) is 16.8 Å². The third-order valence-electron chi connectivity index (χ3n) is 3.97. The van der Waals surface area contributed by atoms with Gasteiger partial charge in [-0.15, -0.1) is 0 Å². The summed E-state index contributed by atoms with van der Waals surface area (Å²) in [5.74, 6) is 0.122. The van der Waals surface area contributed by atoms with Crippen LogP contribution in [0.5, 0.6) is 5.88 Å². The number of rotatable bonds is 4. The second-order valence-electron chi connectivity index (χ2n) is 5.98. The van der Waals surface area contributed by atoms with Gasteiger partial charge in [0.05, 0.1) is 5.69 Å². The summed E-state index contributed by atoms with van der Waals surface area (Å²) in [6, 6.07) is 7.15. The van der Waals surface area contributed by atoms with Crippen molar-refractivity contribution in [1.29, 1.82) is 0 Å². The van der Waals surface area contributed by atoms with Crippen molar-refractivity contribution in [2.24, 2.45) is 7.05 Å². The molecule has 0 saturated heterocycles. The Morgan fingerprint density at radius 2 is 2.00 bits per heavy atom. The summed E-state index contributed by atoms with van der Waals surface area (Å²) in [6.07, 6.45) is 0. The molecule has 0 saturated carbocycles. The first kappa shape index (κ1) is 17.2. The maximum absolute atomic E-state index is 12.1. The molecule has 0 fully saturated rings. The van der Waals surface area contributed by atoms with Crippen molar-refractivity contribution in [3.63, 3.8) is 0 Å². The van der Waals surface area contributed by atoms with E-state index < -0.39 is 0 Å². The fourth-order valence-corrected chi connectivity index (χ4v) is 2.93. The number of nitrogens with one attached hydrogen (secondary N) is 1. The first-order valence-electron chi connectivity index (χ1n) is 7.85. The third kappa shape index (κ3) is 3.58. The molecule has 0 radical (unpaired) electrons. The molecule has 1 N–H and O–H groups in total. The normalized spacial score (nSPS) is 10.9. The first-order valence-corrected chi connectivity index (χ1v) is 8.22. The van der Waals surface area contributed by atoms with Crippen LogP contribution in [-0.4, -0.2) is 27.3 Å². The summed E-state index contributed by atoms with van der Waals surface area (Å²) in [5, 5.41) is 8.74. The van der Waals surface area contributed by atoms with Gasteiger partial charge in [-0.1, -0.05) is 17.7 Å². The lowest BCUT2D eigenvalue weighted by molar-refractivity contribution is -0.118. The number of carbonyl (C=O) groups is 1. The molecule has 0 aliphatic rings. The van der Waals surface area contributed by atoms with Crippen LogP contribution in [0.15, 0.2) is 24.3 Å². The Labute approximate surface area is 150 Å². The fraction of sp³-hybridized carbons (Fsp3) is 0.278. The summed E-state index contributed by atoms with van der Waals surface area (Å²) >= 11 is 5.96. The number of anilines is 1. The SMILES string of the molecule is Cc1ccc(Cl)cc1NC(=O)COc1cc(C)c2c(C)nn(C)c2n1. The zero-order valence-electron chi connectivity index (χ0n) is 14.6. The van der Waals surface area contributed by atoms with Gasteiger partial charge < -0.3 is 10.1 Å². The van der Waals surface area contributed by atoms with Gasteiger partial charge in [0.2, 0.25) is 5.88 Å². The Balaban J connectivity index is 1.73. The smallest absolute Gasteiger partial charge is 0.262 e. The maximum atomic E-state index is 12.1. The number of pyridine rings is 1. The Morgan fingerprint density at radius 3 is 2.76 bits per heavy atom. The van der Waals surface area contributed by atoms with Crippen molar-refractivity contribution in [1.82, 2.24) is 14.8 Å². The average molecular weight is 359 g/mol. The van der Waals surface area contributed by atoms with E-state index in [-0.39, 0.29) is 12.5 Å². The number of fused-ring (bicyclic) bond motifs is 1. The van der Waals surface area contributed by atoms with Crippen LogP contribution < -0.4 is 10.1 Å². The highest BCUT2D eigenvalue weighted by atomic mass is 35.5. The molecule has 1 aromatic carbocycles. The minimum Gasteiger partial charge on any atom is -0.467 e. The summed E-state index contributed by atoms with van der Waals surface area (Å²) in [5.41, 5.74) is 4.26. The van der Waals surface area contributed by atoms with Crippen LogP contribution in [-0.2, 0) is 11.8 Å². The Bertz CT molecular complexity index is 965. The maximum Gasteiger partial charge on any atom is 0.262 e. The lowest BCUT2D eigenvalue weighted by Gasteiger charge is -2.10. The molecule has 1 amide bonds. The molecule has 0 aliphatic carbocycles. The molecule has 130 valence electrons. The van der Waals surface area contributed by atoms with Gasteiger partial charge in [-0.25, -0.2) is 0 Å². The second kappa shape index (κ2) is 6.72. The average Bonchev–Trinajstić information content (AvgIpc) is 2.84. The molecule has 0 spiro atoms. The van der Waals surface area contributed by atoms with Gasteiger partial charge in [-0.3, -0.25) is 9.48 Å². The Hall–Kier alpha value is -2.60. The molecule has 0 bridgehead atoms. The molecular weight excluding hydrogens is 340 g/mol. The number of hydrogen-bond donors (Lipinski definition) is 1. The van der Waals surface area contributed by atoms with Crippen molar-refractivity contribution in [3.8, 4) is 5.88 Å². The van der Waals surface area contributed by atoms with E-state index in [1.165, 1.54) is 0 Å². The number of hydrogen-bond acceptors (Lipinski definition) is 4. The summed E-state index contributed by atoms with van der Waals surface area (Å²) in [4.78, 5) is 16.6. The molecule has 2 aromatic heterocycles. The van der Waals surface area contributed by atoms with Crippen molar-refractivity contribution in [2.75, 3.05) is 11.9 Å². The third-order valence-corrected chi connectivity index (χ3v) is 4.20. The Morgan fingerprint density at radius 1 is 1.24 bits per heavy atom. The highest BCUT2D eigenvalue weighted by Gasteiger charge is 2.13. The first-order chi connectivity index (χ1) is 11.8. The number of amides is 1. The number of ether oxygens (including phenoxy) is 1. The van der Waals surface area contributed by atoms with Crippen LogP contribution in [0.25, 0.3) is 11.0 Å². The van der Waals surface area contributed by atoms with Gasteiger partial charge >= 0.3 is 0 Å². The van der Waals surface area contributed by atoms with Crippen molar-refractivity contribution in [3.05, 3.63) is 46.1 Å². The van der Waals surface area contributed by atoms with Crippen molar-refractivity contribution >= 4 is 34.2 Å². The summed E-state index contributed by atoms with van der Waals surface area (Å²) in [7, 11) is 1.83. The van der Waals surface area contributed by atoms with Crippen molar-refractivity contribution < 1.29 is 9.53 Å². The van der Waals surface area contributed by atoms with Gasteiger partial charge in [-0.05, 0) is 44.0 Å². The number of halogens is 1. The number of carbonyl (C=O) groups excluding carboxylic acids is 1. The molecule has 3 rings (SSSR count). The quantitative estimate of drug-likeness (QED) is 0.774. The van der Waals surface area contributed by atoms with Crippen LogP contribution >= 0.6 is 11.6 Å². The topological polar surface area (TPSA) is 69.0 Å². The van der Waals surface area contributed by atoms with Crippen LogP contribution in [0.2, 0.25) is 5.02 Å². The minimum absolute atomic E-state index is 0.138. The zero-order chi connectivity index (χ0) is 18.1.